The van der Waals surface area contributed by atoms with Crippen LogP contribution in [0, 0.1) is 6.92 Å². The molecule has 1 aromatic carbocycles. The predicted octanol–water partition coefficient (Wildman–Crippen LogP) is 3.28. The third-order valence-electron chi connectivity index (χ3n) is 2.77. The van der Waals surface area contributed by atoms with E-state index in [9.17, 15) is 5.11 Å². The molecule has 0 fully saturated rings. The van der Waals surface area contributed by atoms with E-state index in [1.54, 1.807) is 0 Å². The smallest absolute Gasteiger partial charge is 0.0598 e. The molecule has 1 unspecified atom stereocenters. The van der Waals surface area contributed by atoms with Gasteiger partial charge in [-0.05, 0) is 39.7 Å². The van der Waals surface area contributed by atoms with Gasteiger partial charge in [-0.3, -0.25) is 0 Å². The molecule has 0 radical (unpaired) electrons. The highest BCUT2D eigenvalue weighted by molar-refractivity contribution is 5.24. The molecule has 0 saturated heterocycles. The topological polar surface area (TPSA) is 29.5 Å². The Labute approximate surface area is 105 Å². The molecule has 17 heavy (non-hydrogen) atoms. The highest BCUT2D eigenvalue weighted by atomic mass is 16.5. The third-order valence-corrected chi connectivity index (χ3v) is 2.77. The number of hydrogen-bond donors (Lipinski definition) is 1. The average molecular weight is 236 g/mol. The molecule has 1 atom stereocenters. The SMILES string of the molecule is Cc1ccc(C(CO)CCOC(C)(C)C)cc1. The number of aryl methyl sites for hydroxylation is 1. The first-order chi connectivity index (χ1) is 7.92. The predicted molar refractivity (Wildman–Crippen MR) is 71.3 cm³/mol. The Morgan fingerprint density at radius 3 is 2.24 bits per heavy atom. The molecule has 2 heteroatoms. The standard InChI is InChI=1S/C15H24O2/c1-12-5-7-13(8-6-12)14(11-16)9-10-17-15(2,3)4/h5-8,14,16H,9-11H2,1-4H3. The number of hydrogen-bond acceptors (Lipinski definition) is 2. The Balaban J connectivity index is 2.51. The second kappa shape index (κ2) is 6.18. The lowest BCUT2D eigenvalue weighted by atomic mass is 9.96. The average Bonchev–Trinajstić information content (AvgIpc) is 2.24. The summed E-state index contributed by atoms with van der Waals surface area (Å²) in [5.74, 6) is 0.179. The van der Waals surface area contributed by atoms with Gasteiger partial charge in [0, 0.05) is 12.5 Å². The van der Waals surface area contributed by atoms with E-state index >= 15 is 0 Å². The van der Waals surface area contributed by atoms with Crippen LogP contribution in [0.5, 0.6) is 0 Å². The molecule has 2 nitrogen and oxygen atoms in total. The van der Waals surface area contributed by atoms with Crippen LogP contribution in [0.25, 0.3) is 0 Å². The van der Waals surface area contributed by atoms with Gasteiger partial charge < -0.3 is 9.84 Å². The molecular weight excluding hydrogens is 212 g/mol. The number of aliphatic hydroxyl groups excluding tert-OH is 1. The summed E-state index contributed by atoms with van der Waals surface area (Å²) < 4.78 is 5.70. The van der Waals surface area contributed by atoms with Crippen LogP contribution in [-0.4, -0.2) is 23.9 Å². The molecular formula is C15H24O2. The fraction of sp³-hybridized carbons (Fsp3) is 0.600. The van der Waals surface area contributed by atoms with Crippen molar-refractivity contribution in [3.05, 3.63) is 35.4 Å². The van der Waals surface area contributed by atoms with E-state index < -0.39 is 0 Å². The Bertz CT molecular complexity index is 322. The van der Waals surface area contributed by atoms with Crippen molar-refractivity contribution in [1.29, 1.82) is 0 Å². The minimum absolute atomic E-state index is 0.104. The van der Waals surface area contributed by atoms with Crippen LogP contribution in [0.15, 0.2) is 24.3 Å². The molecule has 96 valence electrons. The molecule has 1 rings (SSSR count). The van der Waals surface area contributed by atoms with Gasteiger partial charge in [0.05, 0.1) is 12.2 Å². The first kappa shape index (κ1) is 14.2. The maximum absolute atomic E-state index is 9.42. The van der Waals surface area contributed by atoms with E-state index in [1.165, 1.54) is 11.1 Å². The van der Waals surface area contributed by atoms with Gasteiger partial charge in [0.15, 0.2) is 0 Å². The van der Waals surface area contributed by atoms with E-state index in [0.717, 1.165) is 6.42 Å². The Kier molecular flexibility index (Phi) is 5.16. The zero-order chi connectivity index (χ0) is 12.9. The minimum Gasteiger partial charge on any atom is -0.396 e. The number of aliphatic hydroxyl groups is 1. The lowest BCUT2D eigenvalue weighted by molar-refractivity contribution is -0.00804. The van der Waals surface area contributed by atoms with Gasteiger partial charge in [-0.25, -0.2) is 0 Å². The Morgan fingerprint density at radius 1 is 1.18 bits per heavy atom. The van der Waals surface area contributed by atoms with Gasteiger partial charge in [-0.2, -0.15) is 0 Å². The number of benzene rings is 1. The lowest BCUT2D eigenvalue weighted by Gasteiger charge is -2.22. The van der Waals surface area contributed by atoms with Crippen LogP contribution in [0.4, 0.5) is 0 Å². The summed E-state index contributed by atoms with van der Waals surface area (Å²) in [4.78, 5) is 0. The van der Waals surface area contributed by atoms with Crippen LogP contribution < -0.4 is 0 Å². The third kappa shape index (κ3) is 5.33. The molecule has 0 saturated carbocycles. The number of ether oxygens (including phenoxy) is 1. The van der Waals surface area contributed by atoms with Crippen molar-refractivity contribution in [2.75, 3.05) is 13.2 Å². The quantitative estimate of drug-likeness (QED) is 0.850. The summed E-state index contributed by atoms with van der Waals surface area (Å²) in [6, 6.07) is 8.35. The second-order valence-electron chi connectivity index (χ2n) is 5.54. The van der Waals surface area contributed by atoms with E-state index in [-0.39, 0.29) is 18.1 Å². The first-order valence-corrected chi connectivity index (χ1v) is 6.24. The number of rotatable bonds is 5. The van der Waals surface area contributed by atoms with Crippen molar-refractivity contribution < 1.29 is 9.84 Å². The van der Waals surface area contributed by atoms with Gasteiger partial charge in [0.25, 0.3) is 0 Å². The van der Waals surface area contributed by atoms with Gasteiger partial charge in [-0.15, -0.1) is 0 Å². The molecule has 0 amide bonds. The molecule has 0 aliphatic rings. The van der Waals surface area contributed by atoms with Crippen molar-refractivity contribution in [2.45, 2.75) is 45.6 Å². The van der Waals surface area contributed by atoms with Crippen LogP contribution >= 0.6 is 0 Å². The summed E-state index contributed by atoms with van der Waals surface area (Å²) in [7, 11) is 0. The van der Waals surface area contributed by atoms with Crippen LogP contribution in [0.1, 0.15) is 44.2 Å². The van der Waals surface area contributed by atoms with E-state index in [1.807, 2.05) is 20.8 Å². The fourth-order valence-corrected chi connectivity index (χ4v) is 1.71. The van der Waals surface area contributed by atoms with Gasteiger partial charge in [0.1, 0.15) is 0 Å². The first-order valence-electron chi connectivity index (χ1n) is 6.24. The maximum Gasteiger partial charge on any atom is 0.0598 e. The molecule has 0 aromatic heterocycles. The molecule has 0 heterocycles. The van der Waals surface area contributed by atoms with E-state index in [4.69, 9.17) is 4.74 Å². The Morgan fingerprint density at radius 2 is 1.76 bits per heavy atom. The van der Waals surface area contributed by atoms with Gasteiger partial charge >= 0.3 is 0 Å². The lowest BCUT2D eigenvalue weighted by Crippen LogP contribution is -2.21. The highest BCUT2D eigenvalue weighted by Gasteiger charge is 2.14. The molecule has 0 aliphatic heterocycles. The van der Waals surface area contributed by atoms with Crippen molar-refractivity contribution in [1.82, 2.24) is 0 Å². The highest BCUT2D eigenvalue weighted by Crippen LogP contribution is 2.20. The van der Waals surface area contributed by atoms with Crippen LogP contribution in [0.3, 0.4) is 0 Å². The second-order valence-corrected chi connectivity index (χ2v) is 5.54. The normalized spacial score (nSPS) is 13.7. The van der Waals surface area contributed by atoms with E-state index in [0.29, 0.717) is 6.61 Å². The van der Waals surface area contributed by atoms with Crippen LogP contribution in [-0.2, 0) is 4.74 Å². The molecule has 1 N–H and O–H groups in total. The molecule has 0 bridgehead atoms. The summed E-state index contributed by atoms with van der Waals surface area (Å²) in [6.45, 7) is 9.08. The van der Waals surface area contributed by atoms with Crippen molar-refractivity contribution in [3.63, 3.8) is 0 Å². The van der Waals surface area contributed by atoms with Crippen LogP contribution in [0.2, 0.25) is 0 Å². The van der Waals surface area contributed by atoms with Crippen molar-refractivity contribution >= 4 is 0 Å². The van der Waals surface area contributed by atoms with Crippen molar-refractivity contribution in [2.24, 2.45) is 0 Å². The van der Waals surface area contributed by atoms with Crippen molar-refractivity contribution in [3.8, 4) is 0 Å². The largest absolute Gasteiger partial charge is 0.396 e. The molecule has 1 aromatic rings. The summed E-state index contributed by atoms with van der Waals surface area (Å²) in [5.41, 5.74) is 2.33. The molecule has 0 spiro atoms. The molecule has 0 aliphatic carbocycles. The maximum atomic E-state index is 9.42. The van der Waals surface area contributed by atoms with Gasteiger partial charge in [0.2, 0.25) is 0 Å². The van der Waals surface area contributed by atoms with Gasteiger partial charge in [-0.1, -0.05) is 29.8 Å². The zero-order valence-electron chi connectivity index (χ0n) is 11.4. The summed E-state index contributed by atoms with van der Waals surface area (Å²) in [5, 5.41) is 9.42. The summed E-state index contributed by atoms with van der Waals surface area (Å²) >= 11 is 0. The van der Waals surface area contributed by atoms with E-state index in [2.05, 4.69) is 31.2 Å². The Hall–Kier alpha value is -0.860. The monoisotopic (exact) mass is 236 g/mol. The fourth-order valence-electron chi connectivity index (χ4n) is 1.71. The summed E-state index contributed by atoms with van der Waals surface area (Å²) in [6.07, 6.45) is 0.858. The zero-order valence-corrected chi connectivity index (χ0v) is 11.4. The minimum atomic E-state index is -0.104.